The smallest absolute Gasteiger partial charge is 0.326 e. The van der Waals surface area contributed by atoms with Crippen molar-refractivity contribution in [3.05, 3.63) is 18.2 Å². The van der Waals surface area contributed by atoms with E-state index >= 15 is 0 Å². The first kappa shape index (κ1) is 31.6. The van der Waals surface area contributed by atoms with Gasteiger partial charge in [0, 0.05) is 31.4 Å². The maximum atomic E-state index is 12.9. The van der Waals surface area contributed by atoms with Crippen LogP contribution in [0.5, 0.6) is 0 Å². The van der Waals surface area contributed by atoms with Gasteiger partial charge in [0.1, 0.15) is 18.1 Å². The predicted octanol–water partition coefficient (Wildman–Crippen LogP) is -4.05. The molecule has 17 heteroatoms. The summed E-state index contributed by atoms with van der Waals surface area (Å²) in [7, 11) is 0. The fourth-order valence-electron chi connectivity index (χ4n) is 3.19. The summed E-state index contributed by atoms with van der Waals surface area (Å²) in [6, 6.07) is -4.36. The zero-order chi connectivity index (χ0) is 28.7. The lowest BCUT2D eigenvalue weighted by atomic mass is 10.1. The molecule has 3 amide bonds. The van der Waals surface area contributed by atoms with E-state index in [-0.39, 0.29) is 44.3 Å². The Labute approximate surface area is 219 Å². The van der Waals surface area contributed by atoms with Gasteiger partial charge in [-0.05, 0) is 32.6 Å². The molecule has 0 aliphatic carbocycles. The predicted molar refractivity (Wildman–Crippen MR) is 139 cm³/mol. The van der Waals surface area contributed by atoms with E-state index in [1.54, 1.807) is 0 Å². The van der Waals surface area contributed by atoms with E-state index in [1.165, 1.54) is 19.4 Å². The molecule has 0 aliphatic rings. The van der Waals surface area contributed by atoms with Crippen LogP contribution >= 0.6 is 0 Å². The van der Waals surface area contributed by atoms with E-state index in [0.717, 1.165) is 0 Å². The number of nitrogens with zero attached hydrogens (tertiary/aromatic N) is 3. The number of nitrogens with one attached hydrogen (secondary N) is 4. The van der Waals surface area contributed by atoms with Crippen molar-refractivity contribution in [2.45, 2.75) is 63.2 Å². The van der Waals surface area contributed by atoms with E-state index in [0.29, 0.717) is 18.5 Å². The van der Waals surface area contributed by atoms with Gasteiger partial charge in [-0.2, -0.15) is 0 Å². The number of carbonyl (C=O) groups excluding carboxylic acids is 3. The highest BCUT2D eigenvalue weighted by atomic mass is 16.4. The number of carboxylic acids is 1. The summed E-state index contributed by atoms with van der Waals surface area (Å²) < 4.78 is 0. The monoisotopic (exact) mass is 538 g/mol. The first-order chi connectivity index (χ1) is 17.9. The molecule has 212 valence electrons. The number of carbonyl (C=O) groups is 4. The number of nitrogens with two attached hydrogens (primary N) is 5. The van der Waals surface area contributed by atoms with Crippen molar-refractivity contribution in [3.8, 4) is 0 Å². The number of amides is 3. The van der Waals surface area contributed by atoms with Crippen LogP contribution in [0.25, 0.3) is 0 Å². The maximum Gasteiger partial charge on any atom is 0.326 e. The molecule has 0 bridgehead atoms. The van der Waals surface area contributed by atoms with Crippen molar-refractivity contribution >= 4 is 35.6 Å². The molecule has 4 unspecified atom stereocenters. The van der Waals surface area contributed by atoms with E-state index in [2.05, 4.69) is 35.9 Å². The topological polar surface area (TPSA) is 308 Å². The summed E-state index contributed by atoms with van der Waals surface area (Å²) in [5.74, 6) is -3.43. The number of aliphatic imine (C=N–C) groups is 2. The van der Waals surface area contributed by atoms with Crippen molar-refractivity contribution in [2.24, 2.45) is 38.7 Å². The minimum absolute atomic E-state index is 0.0354. The van der Waals surface area contributed by atoms with Crippen LogP contribution < -0.4 is 44.6 Å². The minimum Gasteiger partial charge on any atom is -0.480 e. The van der Waals surface area contributed by atoms with Crippen LogP contribution in [0.1, 0.15) is 38.3 Å². The molecule has 0 fully saturated rings. The SMILES string of the molecule is CC(NC(=O)C(CCCN=C(N)N)NC(=O)C(N)CCCN=C(N)N)C(=O)NC(Cc1cnc[nH]1)C(=O)O. The Hall–Kier alpha value is -4.41. The number of aromatic amines is 1. The van der Waals surface area contributed by atoms with E-state index in [1.807, 2.05) is 0 Å². The highest BCUT2D eigenvalue weighted by Crippen LogP contribution is 2.04. The van der Waals surface area contributed by atoms with E-state index < -0.39 is 47.9 Å². The fraction of sp³-hybridized carbons (Fsp3) is 0.571. The van der Waals surface area contributed by atoms with Crippen molar-refractivity contribution in [2.75, 3.05) is 13.1 Å². The molecule has 15 N–H and O–H groups in total. The van der Waals surface area contributed by atoms with Gasteiger partial charge in [0.05, 0.1) is 12.4 Å². The second kappa shape index (κ2) is 16.4. The van der Waals surface area contributed by atoms with E-state index in [9.17, 15) is 24.3 Å². The molecule has 0 saturated heterocycles. The van der Waals surface area contributed by atoms with Crippen LogP contribution in [0.3, 0.4) is 0 Å². The normalized spacial score (nSPS) is 13.7. The van der Waals surface area contributed by atoms with Crippen molar-refractivity contribution < 1.29 is 24.3 Å². The largest absolute Gasteiger partial charge is 0.480 e. The summed E-state index contributed by atoms with van der Waals surface area (Å²) in [4.78, 5) is 64.0. The molecule has 1 heterocycles. The average molecular weight is 539 g/mol. The second-order valence-corrected chi connectivity index (χ2v) is 8.48. The molecule has 1 rings (SSSR count). The second-order valence-electron chi connectivity index (χ2n) is 8.48. The number of aromatic nitrogens is 2. The Morgan fingerprint density at radius 2 is 1.50 bits per heavy atom. The van der Waals surface area contributed by atoms with Gasteiger partial charge in [0.25, 0.3) is 0 Å². The maximum absolute atomic E-state index is 12.9. The number of guanidine groups is 2. The molecule has 1 aromatic heterocycles. The van der Waals surface area contributed by atoms with Crippen LogP contribution in [0.4, 0.5) is 0 Å². The zero-order valence-electron chi connectivity index (χ0n) is 21.2. The lowest BCUT2D eigenvalue weighted by molar-refractivity contribution is -0.142. The van der Waals surface area contributed by atoms with Crippen molar-refractivity contribution in [3.63, 3.8) is 0 Å². The van der Waals surface area contributed by atoms with Crippen LogP contribution in [-0.4, -0.2) is 87.9 Å². The van der Waals surface area contributed by atoms with Crippen molar-refractivity contribution in [1.29, 1.82) is 0 Å². The summed E-state index contributed by atoms with van der Waals surface area (Å²) in [5.41, 5.74) is 27.6. The Balaban J connectivity index is 2.78. The van der Waals surface area contributed by atoms with Crippen LogP contribution in [-0.2, 0) is 25.6 Å². The Bertz CT molecular complexity index is 973. The number of hydrogen-bond acceptors (Lipinski definition) is 8. The van der Waals surface area contributed by atoms with Crippen LogP contribution in [0, 0.1) is 0 Å². The zero-order valence-corrected chi connectivity index (χ0v) is 21.2. The van der Waals surface area contributed by atoms with Gasteiger partial charge in [-0.1, -0.05) is 0 Å². The fourth-order valence-corrected chi connectivity index (χ4v) is 3.19. The summed E-state index contributed by atoms with van der Waals surface area (Å²) >= 11 is 0. The van der Waals surface area contributed by atoms with Gasteiger partial charge in [-0.15, -0.1) is 0 Å². The number of hydrogen-bond donors (Lipinski definition) is 10. The first-order valence-electron chi connectivity index (χ1n) is 11.9. The molecule has 0 aromatic carbocycles. The Morgan fingerprint density at radius 3 is 2.03 bits per heavy atom. The third-order valence-electron chi connectivity index (χ3n) is 5.23. The van der Waals surface area contributed by atoms with Gasteiger partial charge in [0.15, 0.2) is 11.9 Å². The average Bonchev–Trinajstić information content (AvgIpc) is 3.35. The summed E-state index contributed by atoms with van der Waals surface area (Å²) in [6.07, 6.45) is 3.96. The van der Waals surface area contributed by atoms with Gasteiger partial charge >= 0.3 is 5.97 Å². The lowest BCUT2D eigenvalue weighted by Gasteiger charge is -2.23. The number of imidazole rings is 1. The van der Waals surface area contributed by atoms with Gasteiger partial charge in [0.2, 0.25) is 17.7 Å². The molecule has 4 atom stereocenters. The summed E-state index contributed by atoms with van der Waals surface area (Å²) in [6.45, 7) is 1.88. The van der Waals surface area contributed by atoms with Gasteiger partial charge < -0.3 is 54.7 Å². The highest BCUT2D eigenvalue weighted by molar-refractivity contribution is 5.93. The molecule has 17 nitrogen and oxygen atoms in total. The molecule has 0 aliphatic heterocycles. The molecular weight excluding hydrogens is 500 g/mol. The van der Waals surface area contributed by atoms with Crippen molar-refractivity contribution in [1.82, 2.24) is 25.9 Å². The molecular formula is C21H38N12O5. The Morgan fingerprint density at radius 1 is 0.921 bits per heavy atom. The third-order valence-corrected chi connectivity index (χ3v) is 5.23. The van der Waals surface area contributed by atoms with Crippen LogP contribution in [0.2, 0.25) is 0 Å². The lowest BCUT2D eigenvalue weighted by Crippen LogP contribution is -2.56. The number of aliphatic carboxylic acids is 1. The molecule has 0 saturated carbocycles. The molecule has 1 aromatic rings. The number of H-pyrrole nitrogens is 1. The number of rotatable bonds is 17. The highest BCUT2D eigenvalue weighted by Gasteiger charge is 2.28. The minimum atomic E-state index is -1.26. The number of carboxylic acid groups (broad SMARTS) is 1. The standard InChI is InChI=1S/C21H38N12O5/c1-11(16(34)33-15(19(37)38)8-12-9-27-10-30-12)31-18(36)14(5-3-7-29-21(25)26)32-17(35)13(22)4-2-6-28-20(23)24/h9-11,13-15H,2-8,22H2,1H3,(H,27,30)(H,31,36)(H,32,35)(H,33,34)(H,37,38)(H4,23,24,28)(H4,25,26,29). The van der Waals surface area contributed by atoms with Gasteiger partial charge in [-0.3, -0.25) is 24.4 Å². The van der Waals surface area contributed by atoms with Crippen LogP contribution in [0.15, 0.2) is 22.5 Å². The van der Waals surface area contributed by atoms with E-state index in [4.69, 9.17) is 28.7 Å². The quantitative estimate of drug-likeness (QED) is 0.0516. The van der Waals surface area contributed by atoms with Gasteiger partial charge in [-0.25, -0.2) is 9.78 Å². The molecule has 38 heavy (non-hydrogen) atoms. The summed E-state index contributed by atoms with van der Waals surface area (Å²) in [5, 5.41) is 16.9. The third kappa shape index (κ3) is 12.5. The molecule has 0 spiro atoms. The first-order valence-corrected chi connectivity index (χ1v) is 11.9. The Kier molecular flexibility index (Phi) is 13.6. The molecule has 0 radical (unpaired) electrons.